The third kappa shape index (κ3) is 13.5. The summed E-state index contributed by atoms with van der Waals surface area (Å²) in [5, 5.41) is 7.04. The van der Waals surface area contributed by atoms with Crippen LogP contribution >= 0.6 is 0 Å². The molecule has 0 unspecified atom stereocenters. The van der Waals surface area contributed by atoms with E-state index in [0.717, 1.165) is 33.2 Å². The molecule has 0 saturated carbocycles. The van der Waals surface area contributed by atoms with Gasteiger partial charge in [-0.05, 0) is 68.7 Å². The van der Waals surface area contributed by atoms with Crippen LogP contribution in [0, 0.1) is 23.7 Å². The summed E-state index contributed by atoms with van der Waals surface area (Å²) < 4.78 is 49.0. The first-order valence-electron chi connectivity index (χ1n) is 18.4. The second-order valence-corrected chi connectivity index (χ2v) is 12.2. The molecule has 0 spiro atoms. The molecule has 0 aromatic heterocycles. The highest BCUT2D eigenvalue weighted by Gasteiger charge is 2.12. The van der Waals surface area contributed by atoms with Crippen molar-refractivity contribution in [2.75, 3.05) is 125 Å². The van der Waals surface area contributed by atoms with Crippen molar-refractivity contribution < 1.29 is 42.6 Å². The molecule has 5 rings (SSSR count). The maximum Gasteiger partial charge on any atom is 0.108 e. The summed E-state index contributed by atoms with van der Waals surface area (Å²) >= 11 is 0. The van der Waals surface area contributed by atoms with E-state index < -0.39 is 0 Å². The molecule has 286 valence electrons. The van der Waals surface area contributed by atoms with Gasteiger partial charge in [-0.2, -0.15) is 0 Å². The lowest BCUT2D eigenvalue weighted by molar-refractivity contribution is -0.0238. The van der Waals surface area contributed by atoms with Crippen molar-refractivity contribution in [3.63, 3.8) is 0 Å². The van der Waals surface area contributed by atoms with Gasteiger partial charge in [-0.25, -0.2) is 0 Å². The molecule has 10 nitrogen and oxygen atoms in total. The molecule has 0 heterocycles. The van der Waals surface area contributed by atoms with E-state index in [4.69, 9.17) is 48.4 Å². The Morgan fingerprint density at radius 3 is 1.24 bits per heavy atom. The van der Waals surface area contributed by atoms with Crippen LogP contribution in [0.5, 0.6) is 0 Å². The van der Waals surface area contributed by atoms with E-state index in [9.17, 15) is 0 Å². The van der Waals surface area contributed by atoms with Crippen molar-refractivity contribution in [1.29, 1.82) is 0 Å². The summed E-state index contributed by atoms with van der Waals surface area (Å²) in [5.41, 5.74) is 9.46. The van der Waals surface area contributed by atoms with Crippen molar-refractivity contribution in [2.45, 2.75) is 0 Å². The van der Waals surface area contributed by atoms with Gasteiger partial charge in [-0.15, -0.1) is 0 Å². The van der Waals surface area contributed by atoms with Gasteiger partial charge in [0.05, 0.1) is 106 Å². The zero-order valence-corrected chi connectivity index (χ0v) is 31.2. The van der Waals surface area contributed by atoms with Gasteiger partial charge >= 0.3 is 0 Å². The number of hydrogen-bond acceptors (Lipinski definition) is 10. The second-order valence-electron chi connectivity index (χ2n) is 12.2. The Labute approximate surface area is 318 Å². The molecule has 0 aliphatic carbocycles. The van der Waals surface area contributed by atoms with E-state index in [0.29, 0.717) is 112 Å². The summed E-state index contributed by atoms with van der Waals surface area (Å²) in [7, 11) is 1.65. The molecule has 2 N–H and O–H groups in total. The minimum Gasteiger partial charge on any atom is -0.399 e. The number of methoxy groups -OCH3 is 1. The van der Waals surface area contributed by atoms with E-state index in [1.807, 2.05) is 24.3 Å². The zero-order valence-electron chi connectivity index (χ0n) is 31.2. The highest BCUT2D eigenvalue weighted by molar-refractivity contribution is 6.24. The van der Waals surface area contributed by atoms with Crippen LogP contribution in [-0.2, 0) is 42.6 Å². The number of nitrogens with two attached hydrogens (primary N) is 1. The van der Waals surface area contributed by atoms with E-state index in [-0.39, 0.29) is 0 Å². The van der Waals surface area contributed by atoms with Crippen LogP contribution < -0.4 is 5.73 Å². The van der Waals surface area contributed by atoms with Gasteiger partial charge in [0.25, 0.3) is 0 Å². The van der Waals surface area contributed by atoms with Crippen LogP contribution in [-0.4, -0.2) is 119 Å². The third-order valence-corrected chi connectivity index (χ3v) is 8.35. The number of ether oxygens (including phenoxy) is 9. The van der Waals surface area contributed by atoms with E-state index >= 15 is 0 Å². The molecule has 5 aromatic rings. The van der Waals surface area contributed by atoms with Crippen molar-refractivity contribution in [3.8, 4) is 23.7 Å². The van der Waals surface area contributed by atoms with Crippen LogP contribution in [0.15, 0.2) is 72.8 Å². The highest BCUT2D eigenvalue weighted by Crippen LogP contribution is 2.37. The van der Waals surface area contributed by atoms with Crippen LogP contribution in [0.4, 0.5) is 5.69 Å². The number of hydrogen-bond donors (Lipinski definition) is 1. The zero-order chi connectivity index (χ0) is 37.5. The van der Waals surface area contributed by atoms with Gasteiger partial charge in [-0.1, -0.05) is 60.1 Å². The Morgan fingerprint density at radius 2 is 0.796 bits per heavy atom. The maximum absolute atomic E-state index is 5.84. The molecule has 0 aliphatic rings. The molecule has 0 fully saturated rings. The first-order chi connectivity index (χ1) is 26.7. The molecule has 0 radical (unpaired) electrons. The number of anilines is 1. The Kier molecular flexibility index (Phi) is 18.3. The van der Waals surface area contributed by atoms with Crippen molar-refractivity contribution in [1.82, 2.24) is 0 Å². The molecule has 5 aromatic carbocycles. The number of benzene rings is 5. The lowest BCUT2D eigenvalue weighted by atomic mass is 9.90. The van der Waals surface area contributed by atoms with Crippen LogP contribution in [0.3, 0.4) is 0 Å². The summed E-state index contributed by atoms with van der Waals surface area (Å²) in [6.07, 6.45) is 0. The summed E-state index contributed by atoms with van der Waals surface area (Å²) in [5.74, 6) is 13.2. The van der Waals surface area contributed by atoms with Crippen LogP contribution in [0.1, 0.15) is 16.7 Å². The highest BCUT2D eigenvalue weighted by atomic mass is 16.6. The molecule has 0 amide bonds. The van der Waals surface area contributed by atoms with Gasteiger partial charge in [0.1, 0.15) is 6.61 Å². The standard InChI is InChI=1S/C44H51NO9/c1-46-19-20-48-23-24-50-27-28-52-31-32-54-34-33-53-30-29-51-26-25-49-22-21-47-18-2-3-36-8-10-38-13-17-42-37(7-4-35-5-14-40(45)15-6-35)9-11-39-12-16-41(36)43(38)44(39)42/h5-6,8-17H,18-34,45H2,1H3. The predicted octanol–water partition coefficient (Wildman–Crippen LogP) is 5.70. The fourth-order valence-electron chi connectivity index (χ4n) is 5.66. The van der Waals surface area contributed by atoms with E-state index in [1.54, 1.807) is 7.11 Å². The number of nitrogen functional groups attached to an aromatic ring is 1. The van der Waals surface area contributed by atoms with Crippen LogP contribution in [0.25, 0.3) is 32.3 Å². The quantitative estimate of drug-likeness (QED) is 0.0347. The Morgan fingerprint density at radius 1 is 0.407 bits per heavy atom. The van der Waals surface area contributed by atoms with Crippen molar-refractivity contribution in [3.05, 3.63) is 89.5 Å². The Balaban J connectivity index is 0.898. The number of rotatable bonds is 25. The summed E-state index contributed by atoms with van der Waals surface area (Å²) in [6.45, 7) is 8.61. The van der Waals surface area contributed by atoms with E-state index in [1.165, 1.54) is 21.5 Å². The SMILES string of the molecule is COCCOCCOCCOCCOCCOCCOCCOCCOCC#Cc1ccc2ccc3c(C#Cc4ccc(N)cc4)ccc4ccc1c2c43. The molecular weight excluding hydrogens is 686 g/mol. The first kappa shape index (κ1) is 40.9. The van der Waals surface area contributed by atoms with Gasteiger partial charge in [-0.3, -0.25) is 0 Å². The minimum atomic E-state index is 0.322. The largest absolute Gasteiger partial charge is 0.399 e. The molecule has 0 atom stereocenters. The molecule has 0 saturated heterocycles. The van der Waals surface area contributed by atoms with Crippen molar-refractivity contribution in [2.24, 2.45) is 0 Å². The average molecular weight is 738 g/mol. The molecular formula is C44H51NO9. The fraction of sp³-hybridized carbons (Fsp3) is 0.409. The Bertz CT molecular complexity index is 1940. The van der Waals surface area contributed by atoms with Crippen LogP contribution in [0.2, 0.25) is 0 Å². The Hall–Kier alpha value is -4.30. The van der Waals surface area contributed by atoms with Gasteiger partial charge in [0.15, 0.2) is 0 Å². The van der Waals surface area contributed by atoms with Crippen molar-refractivity contribution >= 4 is 38.0 Å². The van der Waals surface area contributed by atoms with Gasteiger partial charge < -0.3 is 48.4 Å². The summed E-state index contributed by atoms with van der Waals surface area (Å²) in [6, 6.07) is 24.7. The lowest BCUT2D eigenvalue weighted by Crippen LogP contribution is -2.15. The van der Waals surface area contributed by atoms with E-state index in [2.05, 4.69) is 72.2 Å². The molecule has 0 bridgehead atoms. The third-order valence-electron chi connectivity index (χ3n) is 8.35. The topological polar surface area (TPSA) is 109 Å². The average Bonchev–Trinajstić information content (AvgIpc) is 3.20. The monoisotopic (exact) mass is 737 g/mol. The molecule has 54 heavy (non-hydrogen) atoms. The lowest BCUT2D eigenvalue weighted by Gasteiger charge is -2.13. The predicted molar refractivity (Wildman–Crippen MR) is 212 cm³/mol. The van der Waals surface area contributed by atoms with Gasteiger partial charge in [0, 0.05) is 29.5 Å². The normalized spacial score (nSPS) is 11.3. The molecule has 10 heteroatoms. The maximum atomic E-state index is 5.84. The van der Waals surface area contributed by atoms with Gasteiger partial charge in [0.2, 0.25) is 0 Å². The first-order valence-corrected chi connectivity index (χ1v) is 18.4. The molecule has 0 aliphatic heterocycles. The fourth-order valence-corrected chi connectivity index (χ4v) is 5.66. The second kappa shape index (κ2) is 24.2. The summed E-state index contributed by atoms with van der Waals surface area (Å²) in [4.78, 5) is 0. The smallest absolute Gasteiger partial charge is 0.108 e. The minimum absolute atomic E-state index is 0.322.